The van der Waals surface area contributed by atoms with Crippen molar-refractivity contribution in [3.8, 4) is 0 Å². The summed E-state index contributed by atoms with van der Waals surface area (Å²) < 4.78 is 5.17. The van der Waals surface area contributed by atoms with Crippen LogP contribution in [-0.2, 0) is 4.74 Å². The lowest BCUT2D eigenvalue weighted by Crippen LogP contribution is -2.39. The van der Waals surface area contributed by atoms with Gasteiger partial charge < -0.3 is 9.64 Å². The first-order chi connectivity index (χ1) is 8.51. The van der Waals surface area contributed by atoms with Crippen LogP contribution in [0, 0.1) is 11.3 Å². The molecule has 2 nitrogen and oxygen atoms in total. The maximum absolute atomic E-state index is 5.17. The van der Waals surface area contributed by atoms with Gasteiger partial charge in [0.2, 0.25) is 0 Å². The Kier molecular flexibility index (Phi) is 6.65. The third-order valence-electron chi connectivity index (χ3n) is 4.97. The number of methoxy groups -OCH3 is 1. The summed E-state index contributed by atoms with van der Waals surface area (Å²) in [5.74, 6) is 0.935. The first-order valence-corrected chi connectivity index (χ1v) is 7.70. The average Bonchev–Trinajstić information content (AvgIpc) is 2.36. The zero-order valence-electron chi connectivity index (χ0n) is 13.2. The predicted molar refractivity (Wildman–Crippen MR) is 78.9 cm³/mol. The van der Waals surface area contributed by atoms with Crippen molar-refractivity contribution >= 4 is 0 Å². The Bertz CT molecular complexity index is 219. The zero-order chi connectivity index (χ0) is 13.6. The molecule has 1 aliphatic carbocycles. The summed E-state index contributed by atoms with van der Waals surface area (Å²) in [7, 11) is 4.04. The Hall–Kier alpha value is -0.0800. The van der Waals surface area contributed by atoms with Crippen molar-refractivity contribution in [3.05, 3.63) is 0 Å². The number of ether oxygens (including phenoxy) is 1. The predicted octanol–water partition coefficient (Wildman–Crippen LogP) is 3.95. The quantitative estimate of drug-likeness (QED) is 0.683. The van der Waals surface area contributed by atoms with E-state index in [1.165, 1.54) is 38.5 Å². The Morgan fingerprint density at radius 3 is 2.28 bits per heavy atom. The fraction of sp³-hybridized carbons (Fsp3) is 1.00. The second kappa shape index (κ2) is 7.49. The van der Waals surface area contributed by atoms with Gasteiger partial charge in [-0.2, -0.15) is 0 Å². The van der Waals surface area contributed by atoms with Gasteiger partial charge in [0.05, 0.1) is 6.61 Å². The molecule has 0 saturated heterocycles. The van der Waals surface area contributed by atoms with Crippen LogP contribution in [-0.4, -0.2) is 38.3 Å². The molecule has 0 spiro atoms. The van der Waals surface area contributed by atoms with E-state index in [-0.39, 0.29) is 0 Å². The highest BCUT2D eigenvalue weighted by molar-refractivity contribution is 4.85. The number of hydrogen-bond donors (Lipinski definition) is 0. The van der Waals surface area contributed by atoms with Crippen molar-refractivity contribution in [2.75, 3.05) is 27.3 Å². The van der Waals surface area contributed by atoms with E-state index in [0.717, 1.165) is 25.1 Å². The number of rotatable bonds is 7. The average molecular weight is 255 g/mol. The van der Waals surface area contributed by atoms with Gasteiger partial charge in [-0.05, 0) is 50.5 Å². The van der Waals surface area contributed by atoms with Crippen LogP contribution in [0.1, 0.15) is 59.3 Å². The van der Waals surface area contributed by atoms with Gasteiger partial charge in [0, 0.05) is 19.7 Å². The summed E-state index contributed by atoms with van der Waals surface area (Å²) in [5, 5.41) is 0. The highest BCUT2D eigenvalue weighted by Crippen LogP contribution is 2.41. The lowest BCUT2D eigenvalue weighted by atomic mass is 9.68. The van der Waals surface area contributed by atoms with Gasteiger partial charge in [0.15, 0.2) is 0 Å². The number of hydrogen-bond acceptors (Lipinski definition) is 2. The molecule has 0 N–H and O–H groups in total. The van der Waals surface area contributed by atoms with Gasteiger partial charge in [-0.15, -0.1) is 0 Å². The van der Waals surface area contributed by atoms with Crippen molar-refractivity contribution in [1.82, 2.24) is 4.90 Å². The second-order valence-corrected chi connectivity index (χ2v) is 6.72. The van der Waals surface area contributed by atoms with Gasteiger partial charge in [0.1, 0.15) is 0 Å². The molecule has 0 radical (unpaired) electrons. The van der Waals surface area contributed by atoms with Crippen molar-refractivity contribution in [2.24, 2.45) is 11.3 Å². The van der Waals surface area contributed by atoms with Crippen molar-refractivity contribution in [1.29, 1.82) is 0 Å². The molecule has 0 unspecified atom stereocenters. The van der Waals surface area contributed by atoms with Crippen LogP contribution < -0.4 is 0 Å². The molecule has 0 heterocycles. The zero-order valence-corrected chi connectivity index (χ0v) is 13.2. The monoisotopic (exact) mass is 255 g/mol. The van der Waals surface area contributed by atoms with E-state index >= 15 is 0 Å². The van der Waals surface area contributed by atoms with Crippen LogP contribution in [0.25, 0.3) is 0 Å². The molecule has 0 aromatic carbocycles. The van der Waals surface area contributed by atoms with E-state index < -0.39 is 0 Å². The van der Waals surface area contributed by atoms with Crippen molar-refractivity contribution in [3.63, 3.8) is 0 Å². The van der Waals surface area contributed by atoms with E-state index in [1.54, 1.807) is 7.11 Å². The molecule has 1 rings (SSSR count). The molecule has 2 heteroatoms. The Balaban J connectivity index is 2.36. The van der Waals surface area contributed by atoms with Crippen LogP contribution in [0.15, 0.2) is 0 Å². The molecular formula is C16H33NO. The minimum atomic E-state index is 0.546. The highest BCUT2D eigenvalue weighted by atomic mass is 16.5. The van der Waals surface area contributed by atoms with Crippen LogP contribution in [0.5, 0.6) is 0 Å². The fourth-order valence-corrected chi connectivity index (χ4v) is 3.56. The largest absolute Gasteiger partial charge is 0.383 e. The van der Waals surface area contributed by atoms with Crippen LogP contribution in [0.2, 0.25) is 0 Å². The summed E-state index contributed by atoms with van der Waals surface area (Å²) >= 11 is 0. The molecule has 0 amide bonds. The molecule has 1 fully saturated rings. The maximum atomic E-state index is 5.17. The molecule has 1 saturated carbocycles. The fourth-order valence-electron chi connectivity index (χ4n) is 3.56. The molecule has 18 heavy (non-hydrogen) atoms. The minimum absolute atomic E-state index is 0.546. The second-order valence-electron chi connectivity index (χ2n) is 6.72. The molecule has 0 aromatic heterocycles. The first-order valence-electron chi connectivity index (χ1n) is 7.70. The van der Waals surface area contributed by atoms with E-state index in [1.807, 2.05) is 0 Å². The van der Waals surface area contributed by atoms with Gasteiger partial charge >= 0.3 is 0 Å². The maximum Gasteiger partial charge on any atom is 0.0589 e. The van der Waals surface area contributed by atoms with Crippen LogP contribution in [0.4, 0.5) is 0 Å². The molecule has 0 aromatic rings. The molecular weight excluding hydrogens is 222 g/mol. The lowest BCUT2D eigenvalue weighted by Gasteiger charge is -2.41. The first kappa shape index (κ1) is 16.0. The molecule has 0 atom stereocenters. The molecule has 0 aliphatic heterocycles. The third kappa shape index (κ3) is 4.55. The Morgan fingerprint density at radius 2 is 1.78 bits per heavy atom. The minimum Gasteiger partial charge on any atom is -0.383 e. The highest BCUT2D eigenvalue weighted by Gasteiger charge is 2.33. The summed E-state index contributed by atoms with van der Waals surface area (Å²) in [6.07, 6.45) is 8.27. The van der Waals surface area contributed by atoms with Crippen LogP contribution >= 0.6 is 0 Å². The van der Waals surface area contributed by atoms with Crippen molar-refractivity contribution < 1.29 is 4.74 Å². The van der Waals surface area contributed by atoms with E-state index in [2.05, 4.69) is 32.7 Å². The van der Waals surface area contributed by atoms with E-state index in [9.17, 15) is 0 Å². The van der Waals surface area contributed by atoms with E-state index in [4.69, 9.17) is 4.74 Å². The number of likely N-dealkylation sites (N-methyl/N-ethyl adjacent to an activating group) is 1. The summed E-state index contributed by atoms with van der Waals surface area (Å²) in [6, 6.07) is 0.786. The van der Waals surface area contributed by atoms with E-state index in [0.29, 0.717) is 5.41 Å². The standard InChI is InChI=1S/C16H33NO/c1-6-11-16(2,3)14-7-9-15(10-8-14)17(4)12-13-18-5/h14-15H,6-13H2,1-5H3. The molecule has 0 bridgehead atoms. The number of nitrogens with zero attached hydrogens (tertiary/aromatic N) is 1. The lowest BCUT2D eigenvalue weighted by molar-refractivity contribution is 0.0781. The topological polar surface area (TPSA) is 12.5 Å². The third-order valence-corrected chi connectivity index (χ3v) is 4.97. The smallest absolute Gasteiger partial charge is 0.0589 e. The van der Waals surface area contributed by atoms with Gasteiger partial charge in [-0.1, -0.05) is 27.2 Å². The van der Waals surface area contributed by atoms with Crippen LogP contribution in [0.3, 0.4) is 0 Å². The van der Waals surface area contributed by atoms with Gasteiger partial charge in [0.25, 0.3) is 0 Å². The van der Waals surface area contributed by atoms with Crippen molar-refractivity contribution in [2.45, 2.75) is 65.3 Å². The normalized spacial score (nSPS) is 25.7. The van der Waals surface area contributed by atoms with Gasteiger partial charge in [-0.3, -0.25) is 0 Å². The summed E-state index contributed by atoms with van der Waals surface area (Å²) in [6.45, 7) is 9.18. The SMILES string of the molecule is CCCC(C)(C)C1CCC(N(C)CCOC)CC1. The van der Waals surface area contributed by atoms with Gasteiger partial charge in [-0.25, -0.2) is 0 Å². The molecule has 108 valence electrons. The summed E-state index contributed by atoms with van der Waals surface area (Å²) in [4.78, 5) is 2.49. The Morgan fingerprint density at radius 1 is 1.17 bits per heavy atom. The molecule has 1 aliphatic rings. The summed E-state index contributed by atoms with van der Waals surface area (Å²) in [5.41, 5.74) is 0.546. The Labute approximate surface area is 114 Å².